The summed E-state index contributed by atoms with van der Waals surface area (Å²) < 4.78 is 2.63. The molecule has 1 aromatic heterocycles. The minimum atomic E-state index is -0.503. The summed E-state index contributed by atoms with van der Waals surface area (Å²) in [7, 11) is 0. The average Bonchev–Trinajstić information content (AvgIpc) is 3.85. The van der Waals surface area contributed by atoms with E-state index < -0.39 is 5.41 Å². The van der Waals surface area contributed by atoms with Gasteiger partial charge in [-0.1, -0.05) is 185 Å². The van der Waals surface area contributed by atoms with E-state index in [1.165, 1.54) is 121 Å². The fraction of sp³-hybridized carbons (Fsp3) is 0.0847. The predicted octanol–water partition coefficient (Wildman–Crippen LogP) is 14.4. The highest BCUT2D eigenvalue weighted by molar-refractivity contribution is 7.26. The van der Waals surface area contributed by atoms with Crippen LogP contribution in [0, 0.1) is 0 Å². The summed E-state index contributed by atoms with van der Waals surface area (Å²) in [6.45, 7) is 6.98. The lowest BCUT2D eigenvalue weighted by atomic mass is 9.42. The second-order valence-electron chi connectivity index (χ2n) is 18.8. The van der Waals surface area contributed by atoms with E-state index in [4.69, 9.17) is 0 Å². The number of hydrogen-bond donors (Lipinski definition) is 0. The molecule has 10 aromatic rings. The zero-order valence-corrected chi connectivity index (χ0v) is 36.2. The summed E-state index contributed by atoms with van der Waals surface area (Å²) in [6, 6.07) is 74.0. The summed E-state index contributed by atoms with van der Waals surface area (Å²) in [5.74, 6) is 0. The zero-order valence-electron chi connectivity index (χ0n) is 35.4. The molecule has 0 saturated heterocycles. The quantitative estimate of drug-likeness (QED) is 0.160. The van der Waals surface area contributed by atoms with Crippen LogP contribution in [-0.2, 0) is 10.8 Å². The number of anilines is 5. The first-order valence-corrected chi connectivity index (χ1v) is 23.0. The molecule has 4 heterocycles. The number of fused-ring (bicyclic) bond motifs is 16. The molecule has 2 nitrogen and oxygen atoms in total. The maximum Gasteiger partial charge on any atom is 0.333 e. The maximum atomic E-state index is 2.73. The molecule has 0 fully saturated rings. The Bertz CT molecular complexity index is 3550. The molecule has 0 atom stereocenters. The molecule has 0 radical (unpaired) electrons. The largest absolute Gasteiger partial charge is 0.375 e. The van der Waals surface area contributed by atoms with Crippen molar-refractivity contribution in [2.24, 2.45) is 0 Å². The van der Waals surface area contributed by atoms with Gasteiger partial charge in [-0.15, -0.1) is 11.3 Å². The number of thiophene rings is 1. The Kier molecular flexibility index (Phi) is 7.03. The molecule has 63 heavy (non-hydrogen) atoms. The lowest BCUT2D eigenvalue weighted by Gasteiger charge is -2.52. The maximum absolute atomic E-state index is 2.73. The highest BCUT2D eigenvalue weighted by atomic mass is 32.1. The third kappa shape index (κ3) is 4.54. The second-order valence-corrected chi connectivity index (χ2v) is 19.8. The monoisotopic (exact) mass is 820 g/mol. The minimum Gasteiger partial charge on any atom is -0.375 e. The van der Waals surface area contributed by atoms with Gasteiger partial charge in [0.25, 0.3) is 0 Å². The van der Waals surface area contributed by atoms with E-state index in [1.54, 1.807) is 0 Å². The predicted molar refractivity (Wildman–Crippen MR) is 268 cm³/mol. The van der Waals surface area contributed by atoms with Crippen LogP contribution in [-0.4, -0.2) is 6.85 Å². The van der Waals surface area contributed by atoms with E-state index in [1.807, 2.05) is 11.3 Å². The first-order chi connectivity index (χ1) is 30.9. The third-order valence-electron chi connectivity index (χ3n) is 14.6. The molecule has 0 bridgehead atoms. The summed E-state index contributed by atoms with van der Waals surface area (Å²) in [6.07, 6.45) is 0. The lowest BCUT2D eigenvalue weighted by molar-refractivity contribution is 0.590. The van der Waals surface area contributed by atoms with Gasteiger partial charge in [-0.2, -0.15) is 0 Å². The van der Waals surface area contributed by atoms with Crippen molar-refractivity contribution in [1.82, 2.24) is 0 Å². The van der Waals surface area contributed by atoms with Gasteiger partial charge in [-0.25, -0.2) is 0 Å². The molecular weight excluding hydrogens is 780 g/mol. The van der Waals surface area contributed by atoms with Crippen LogP contribution < -0.4 is 20.6 Å². The van der Waals surface area contributed by atoms with Crippen molar-refractivity contribution in [2.75, 3.05) is 9.71 Å². The van der Waals surface area contributed by atoms with Crippen molar-refractivity contribution in [1.29, 1.82) is 0 Å². The van der Waals surface area contributed by atoms with Crippen LogP contribution in [0.4, 0.5) is 28.4 Å². The first kappa shape index (κ1) is 35.5. The van der Waals surface area contributed by atoms with Gasteiger partial charge in [-0.3, -0.25) is 0 Å². The van der Waals surface area contributed by atoms with Gasteiger partial charge >= 0.3 is 6.85 Å². The van der Waals surface area contributed by atoms with Gasteiger partial charge in [0.05, 0.1) is 15.8 Å². The molecule has 296 valence electrons. The molecular formula is C59H41BN2S. The van der Waals surface area contributed by atoms with Crippen LogP contribution in [0.15, 0.2) is 194 Å². The summed E-state index contributed by atoms with van der Waals surface area (Å²) >= 11 is 1.92. The first-order valence-electron chi connectivity index (χ1n) is 22.2. The standard InChI is InChI=1S/C59H41BN2S/c1-58(2,3)38-34-44-41-32-31-37(36-17-5-4-6-18-36)33-52(41)62(51-29-15-22-43-42-21-9-14-30-54(42)63-57(43)51)60-49-27-16-26-48-56(49)61(53(35-38)55(44)60)50-28-13-12-25-47(50)59(48)45-23-10-7-19-39(45)40-20-8-11-24-46(40)59/h4-35H,1-3H3. The van der Waals surface area contributed by atoms with Gasteiger partial charge in [0.1, 0.15) is 0 Å². The Morgan fingerprint density at radius 3 is 1.90 bits per heavy atom. The molecule has 14 rings (SSSR count). The molecule has 0 N–H and O–H groups in total. The van der Waals surface area contributed by atoms with Crippen LogP contribution in [0.2, 0.25) is 0 Å². The Morgan fingerprint density at radius 1 is 0.460 bits per heavy atom. The van der Waals surface area contributed by atoms with Crippen LogP contribution in [0.1, 0.15) is 48.6 Å². The number of benzene rings is 9. The highest BCUT2D eigenvalue weighted by Gasteiger charge is 2.56. The van der Waals surface area contributed by atoms with E-state index in [9.17, 15) is 0 Å². The van der Waals surface area contributed by atoms with E-state index >= 15 is 0 Å². The zero-order chi connectivity index (χ0) is 41.8. The third-order valence-corrected chi connectivity index (χ3v) is 15.8. The van der Waals surface area contributed by atoms with Crippen LogP contribution in [0.5, 0.6) is 0 Å². The molecule has 0 saturated carbocycles. The van der Waals surface area contributed by atoms with Gasteiger partial charge in [-0.05, 0) is 102 Å². The Balaban J connectivity index is 1.16. The average molecular weight is 821 g/mol. The SMILES string of the molecule is CC(C)(C)c1cc2c3c(c1)N1c4ccccc4C4(c5ccccc5-c5ccccc54)c4cccc(c41)B3N(c1cccc3c1sc1ccccc13)c1cc(-c3ccccc3)ccc1-2. The lowest BCUT2D eigenvalue weighted by Crippen LogP contribution is -2.62. The van der Waals surface area contributed by atoms with Crippen LogP contribution in [0.3, 0.4) is 0 Å². The molecule has 1 spiro atoms. The van der Waals surface area contributed by atoms with E-state index in [0.29, 0.717) is 0 Å². The van der Waals surface area contributed by atoms with Crippen LogP contribution in [0.25, 0.3) is 53.6 Å². The fourth-order valence-corrected chi connectivity index (χ4v) is 13.2. The molecule has 4 aliphatic rings. The van der Waals surface area contributed by atoms with E-state index in [-0.39, 0.29) is 12.3 Å². The molecule has 4 heteroatoms. The van der Waals surface area contributed by atoms with Crippen molar-refractivity contribution in [3.05, 3.63) is 222 Å². The second kappa shape index (κ2) is 12.5. The molecule has 9 aromatic carbocycles. The Hall–Kier alpha value is -7.14. The molecule has 0 unspecified atom stereocenters. The topological polar surface area (TPSA) is 6.48 Å². The summed E-state index contributed by atoms with van der Waals surface area (Å²) in [5.41, 5.74) is 22.8. The Labute approximate surface area is 372 Å². The van der Waals surface area contributed by atoms with E-state index in [2.05, 4.69) is 225 Å². The number of para-hydroxylation sites is 2. The van der Waals surface area contributed by atoms with Crippen molar-refractivity contribution >= 4 is 77.7 Å². The summed E-state index contributed by atoms with van der Waals surface area (Å²) in [5, 5.41) is 2.62. The Morgan fingerprint density at radius 2 is 1.11 bits per heavy atom. The number of rotatable bonds is 2. The number of hydrogen-bond acceptors (Lipinski definition) is 3. The van der Waals surface area contributed by atoms with Crippen molar-refractivity contribution < 1.29 is 0 Å². The minimum absolute atomic E-state index is 0.0926. The van der Waals surface area contributed by atoms with Gasteiger partial charge in [0.2, 0.25) is 0 Å². The van der Waals surface area contributed by atoms with Gasteiger partial charge in [0, 0.05) is 43.8 Å². The molecule has 3 aliphatic heterocycles. The fourth-order valence-electron chi connectivity index (χ4n) is 11.9. The smallest absolute Gasteiger partial charge is 0.333 e. The van der Waals surface area contributed by atoms with Crippen LogP contribution >= 0.6 is 11.3 Å². The number of nitrogens with zero attached hydrogens (tertiary/aromatic N) is 2. The van der Waals surface area contributed by atoms with E-state index in [0.717, 1.165) is 0 Å². The summed E-state index contributed by atoms with van der Waals surface area (Å²) in [4.78, 5) is 5.40. The van der Waals surface area contributed by atoms with Gasteiger partial charge in [0.15, 0.2) is 0 Å². The van der Waals surface area contributed by atoms with Crippen molar-refractivity contribution in [3.63, 3.8) is 0 Å². The van der Waals surface area contributed by atoms with Crippen molar-refractivity contribution in [2.45, 2.75) is 31.6 Å². The van der Waals surface area contributed by atoms with Crippen molar-refractivity contribution in [3.8, 4) is 33.4 Å². The normalized spacial score (nSPS) is 14.6. The van der Waals surface area contributed by atoms with Gasteiger partial charge < -0.3 is 9.71 Å². The molecule has 0 amide bonds. The highest BCUT2D eigenvalue weighted by Crippen LogP contribution is 2.64. The molecule has 1 aliphatic carbocycles.